The lowest BCUT2D eigenvalue weighted by atomic mass is 10.1. The maximum Gasteiger partial charge on any atom is 0.337 e. The summed E-state index contributed by atoms with van der Waals surface area (Å²) in [5.41, 5.74) is 3.15. The Bertz CT molecular complexity index is 1980. The fraction of sp³-hybridized carbons (Fsp3) is 0.324. The van der Waals surface area contributed by atoms with Crippen molar-refractivity contribution in [1.82, 2.24) is 29.0 Å². The highest BCUT2D eigenvalue weighted by Crippen LogP contribution is 2.25. The first-order valence-electron chi connectivity index (χ1n) is 16.0. The highest BCUT2D eigenvalue weighted by atomic mass is 19.1. The molecule has 6 rings (SSSR count). The minimum atomic E-state index is -2.45. The number of carbonyl (C=O) groups is 1. The quantitative estimate of drug-likeness (QED) is 0.184. The van der Waals surface area contributed by atoms with Gasteiger partial charge in [0.05, 0.1) is 68.9 Å². The van der Waals surface area contributed by atoms with Crippen LogP contribution >= 0.6 is 0 Å². The molecular formula is C34H34FN7O4. The molecule has 3 aromatic heterocycles. The summed E-state index contributed by atoms with van der Waals surface area (Å²) in [7, 11) is 1.36. The number of ether oxygens (including phenoxy) is 3. The Kier molecular flexibility index (Phi) is 8.46. The lowest BCUT2D eigenvalue weighted by Gasteiger charge is -2.31. The van der Waals surface area contributed by atoms with Crippen molar-refractivity contribution in [2.75, 3.05) is 20.2 Å². The number of hydrogen-bond donors (Lipinski definition) is 0. The second-order valence-electron chi connectivity index (χ2n) is 10.9. The molecule has 1 saturated heterocycles. The summed E-state index contributed by atoms with van der Waals surface area (Å²) >= 11 is 0. The van der Waals surface area contributed by atoms with Crippen LogP contribution < -0.4 is 9.47 Å². The van der Waals surface area contributed by atoms with Crippen LogP contribution in [0.4, 0.5) is 4.39 Å². The van der Waals surface area contributed by atoms with Crippen molar-refractivity contribution in [3.63, 3.8) is 0 Å². The summed E-state index contributed by atoms with van der Waals surface area (Å²) < 4.78 is 51.8. The van der Waals surface area contributed by atoms with Crippen LogP contribution in [-0.2, 0) is 30.9 Å². The van der Waals surface area contributed by atoms with Crippen LogP contribution in [0.5, 0.6) is 11.6 Å². The molecule has 0 aliphatic carbocycles. The smallest absolute Gasteiger partial charge is 0.337 e. The predicted octanol–water partition coefficient (Wildman–Crippen LogP) is 5.12. The van der Waals surface area contributed by atoms with E-state index in [9.17, 15) is 9.18 Å². The molecule has 5 aromatic rings. The highest BCUT2D eigenvalue weighted by molar-refractivity contribution is 5.93. The van der Waals surface area contributed by atoms with E-state index in [1.807, 2.05) is 24.4 Å². The summed E-state index contributed by atoms with van der Waals surface area (Å²) in [5, 5.41) is 8.96. The third kappa shape index (κ3) is 6.84. The van der Waals surface area contributed by atoms with E-state index in [-0.39, 0.29) is 29.0 Å². The van der Waals surface area contributed by atoms with Crippen molar-refractivity contribution in [3.8, 4) is 17.7 Å². The van der Waals surface area contributed by atoms with Crippen molar-refractivity contribution in [2.45, 2.75) is 52.1 Å². The van der Waals surface area contributed by atoms with Crippen LogP contribution in [0, 0.1) is 17.1 Å². The number of benzene rings is 2. The molecule has 0 unspecified atom stereocenters. The normalized spacial score (nSPS) is 14.8. The Morgan fingerprint density at radius 1 is 1.13 bits per heavy atom. The Labute approximate surface area is 268 Å². The standard InChI is InChI=1S/C34H34FN7O4/c1-3-41-22-37-18-26(41)19-42-30-16-24(34(43)44-2)8-9-29(30)39-32(42)20-40-13-11-27(12-14-40)46-33-6-4-5-25(38-33)21-45-31-10-7-23(17-36)15-28(31)35/h4-10,15-16,18,22,27H,3,11-14,19-21H2,1-2H3/i21D2. The minimum absolute atomic E-state index is 0.0696. The Balaban J connectivity index is 1.13. The minimum Gasteiger partial charge on any atom is -0.484 e. The number of pyridine rings is 1. The van der Waals surface area contributed by atoms with Crippen LogP contribution in [-0.4, -0.2) is 61.3 Å². The molecule has 2 aromatic carbocycles. The van der Waals surface area contributed by atoms with Gasteiger partial charge in [-0.1, -0.05) is 6.07 Å². The zero-order valence-corrected chi connectivity index (χ0v) is 25.5. The van der Waals surface area contributed by atoms with Crippen LogP contribution in [0.1, 0.15) is 55.6 Å². The lowest BCUT2D eigenvalue weighted by molar-refractivity contribution is 0.0601. The molecule has 1 aliphatic heterocycles. The lowest BCUT2D eigenvalue weighted by Crippen LogP contribution is -2.38. The van der Waals surface area contributed by atoms with Gasteiger partial charge in [0.15, 0.2) is 11.6 Å². The number of piperidine rings is 1. The van der Waals surface area contributed by atoms with Gasteiger partial charge in [-0.05, 0) is 62.2 Å². The zero-order valence-electron chi connectivity index (χ0n) is 27.5. The summed E-state index contributed by atoms with van der Waals surface area (Å²) in [6.07, 6.45) is 4.92. The third-order valence-electron chi connectivity index (χ3n) is 7.94. The number of carbonyl (C=O) groups excluding carboxylic acids is 1. The van der Waals surface area contributed by atoms with Crippen molar-refractivity contribution < 1.29 is 26.1 Å². The summed E-state index contributed by atoms with van der Waals surface area (Å²) in [6.45, 7) is 2.99. The molecule has 11 nitrogen and oxygen atoms in total. The summed E-state index contributed by atoms with van der Waals surface area (Å²) in [4.78, 5) is 28.2. The molecule has 0 atom stereocenters. The van der Waals surface area contributed by atoms with Crippen molar-refractivity contribution in [1.29, 1.82) is 5.26 Å². The Morgan fingerprint density at radius 2 is 1.98 bits per heavy atom. The molecule has 0 spiro atoms. The summed E-state index contributed by atoms with van der Waals surface area (Å²) in [6, 6.07) is 15.5. The molecule has 1 fully saturated rings. The van der Waals surface area contributed by atoms with Gasteiger partial charge in [-0.25, -0.2) is 24.1 Å². The van der Waals surface area contributed by atoms with Gasteiger partial charge in [-0.3, -0.25) is 4.90 Å². The predicted molar refractivity (Wildman–Crippen MR) is 167 cm³/mol. The average Bonchev–Trinajstić information content (AvgIpc) is 3.69. The van der Waals surface area contributed by atoms with Gasteiger partial charge < -0.3 is 23.3 Å². The molecule has 0 amide bonds. The van der Waals surface area contributed by atoms with E-state index in [1.54, 1.807) is 24.5 Å². The van der Waals surface area contributed by atoms with Crippen LogP contribution in [0.15, 0.2) is 67.1 Å². The first-order chi connectivity index (χ1) is 23.2. The van der Waals surface area contributed by atoms with E-state index < -0.39 is 18.3 Å². The number of methoxy groups -OCH3 is 1. The van der Waals surface area contributed by atoms with E-state index in [0.29, 0.717) is 31.5 Å². The number of hydrogen-bond acceptors (Lipinski definition) is 9. The molecule has 4 heterocycles. The van der Waals surface area contributed by atoms with E-state index >= 15 is 0 Å². The molecule has 12 heteroatoms. The van der Waals surface area contributed by atoms with Crippen LogP contribution in [0.2, 0.25) is 0 Å². The molecule has 0 saturated carbocycles. The van der Waals surface area contributed by atoms with Crippen LogP contribution in [0.25, 0.3) is 11.0 Å². The maximum atomic E-state index is 14.4. The maximum absolute atomic E-state index is 14.4. The molecule has 1 aliphatic rings. The SMILES string of the molecule is [2H]C([2H])(Oc1ccc(C#N)cc1F)c1cccc(OC2CCN(Cc3nc4ccc(C(=O)OC)cc4n3Cc3cncn3CC)CC2)n1. The number of halogens is 1. The van der Waals surface area contributed by atoms with Crippen molar-refractivity contribution >= 4 is 17.0 Å². The fourth-order valence-corrected chi connectivity index (χ4v) is 5.49. The van der Waals surface area contributed by atoms with Crippen LogP contribution in [0.3, 0.4) is 0 Å². The number of aryl methyl sites for hydroxylation is 1. The monoisotopic (exact) mass is 625 g/mol. The second kappa shape index (κ2) is 13.8. The first kappa shape index (κ1) is 28.2. The fourth-order valence-electron chi connectivity index (χ4n) is 5.49. The van der Waals surface area contributed by atoms with E-state index in [1.165, 1.54) is 25.3 Å². The van der Waals surface area contributed by atoms with E-state index in [0.717, 1.165) is 48.3 Å². The first-order valence-corrected chi connectivity index (χ1v) is 15.0. The van der Waals surface area contributed by atoms with Gasteiger partial charge in [0.25, 0.3) is 0 Å². The van der Waals surface area contributed by atoms with E-state index in [4.69, 9.17) is 27.2 Å². The molecular weight excluding hydrogens is 589 g/mol. The number of likely N-dealkylation sites (tertiary alicyclic amines) is 1. The number of fused-ring (bicyclic) bond motifs is 1. The number of aromatic nitrogens is 5. The van der Waals surface area contributed by atoms with Crippen molar-refractivity contribution in [2.24, 2.45) is 0 Å². The number of nitrogens with zero attached hydrogens (tertiary/aromatic N) is 7. The van der Waals surface area contributed by atoms with Gasteiger partial charge in [-0.15, -0.1) is 0 Å². The highest BCUT2D eigenvalue weighted by Gasteiger charge is 2.24. The Hall–Kier alpha value is -5.28. The van der Waals surface area contributed by atoms with Gasteiger partial charge in [0, 0.05) is 31.9 Å². The summed E-state index contributed by atoms with van der Waals surface area (Å²) in [5.74, 6) is -0.463. The molecule has 0 N–H and O–H groups in total. The number of esters is 1. The molecule has 0 radical (unpaired) electrons. The topological polar surface area (TPSA) is 120 Å². The third-order valence-corrected chi connectivity index (χ3v) is 7.94. The molecule has 236 valence electrons. The van der Waals surface area contributed by atoms with E-state index in [2.05, 4.69) is 30.9 Å². The second-order valence-corrected chi connectivity index (χ2v) is 10.9. The number of imidazole rings is 2. The number of nitriles is 1. The number of rotatable bonds is 11. The largest absolute Gasteiger partial charge is 0.484 e. The van der Waals surface area contributed by atoms with Gasteiger partial charge >= 0.3 is 5.97 Å². The van der Waals surface area contributed by atoms with Crippen molar-refractivity contribution in [3.05, 3.63) is 101 Å². The average molecular weight is 626 g/mol. The van der Waals surface area contributed by atoms with Gasteiger partial charge in [0.1, 0.15) is 18.5 Å². The molecule has 46 heavy (non-hydrogen) atoms. The van der Waals surface area contributed by atoms with Gasteiger partial charge in [-0.2, -0.15) is 5.26 Å². The zero-order chi connectivity index (χ0) is 33.8. The molecule has 0 bridgehead atoms. The van der Waals surface area contributed by atoms with Gasteiger partial charge in [0.2, 0.25) is 5.88 Å². The Morgan fingerprint density at radius 3 is 2.74 bits per heavy atom.